The number of hydrogen-bond acceptors (Lipinski definition) is 3. The van der Waals surface area contributed by atoms with Gasteiger partial charge in [0, 0.05) is 25.0 Å². The van der Waals surface area contributed by atoms with Crippen LogP contribution in [-0.2, 0) is 16.6 Å². The quantitative estimate of drug-likeness (QED) is 0.819. The number of nitrogens with zero attached hydrogens (tertiary/aromatic N) is 2. The van der Waals surface area contributed by atoms with Crippen molar-refractivity contribution >= 4 is 33.2 Å². The number of sulfonamides is 1. The highest BCUT2D eigenvalue weighted by molar-refractivity contribution is 7.89. The normalized spacial score (nSPS) is 15.2. The summed E-state index contributed by atoms with van der Waals surface area (Å²) in [4.78, 5) is 4.11. The molecule has 1 aromatic carbocycles. The van der Waals surface area contributed by atoms with E-state index in [0.29, 0.717) is 10.0 Å². The number of halogens is 2. The molecule has 0 bridgehead atoms. The van der Waals surface area contributed by atoms with Gasteiger partial charge in [0.25, 0.3) is 0 Å². The van der Waals surface area contributed by atoms with E-state index in [9.17, 15) is 8.42 Å². The van der Waals surface area contributed by atoms with Crippen LogP contribution in [-0.4, -0.2) is 23.7 Å². The Hall–Kier alpha value is -1.14. The predicted molar refractivity (Wildman–Crippen MR) is 86.4 cm³/mol. The van der Waals surface area contributed by atoms with Crippen LogP contribution in [0.1, 0.15) is 18.4 Å². The maximum absolute atomic E-state index is 12.8. The smallest absolute Gasteiger partial charge is 0.245 e. The first-order valence-corrected chi connectivity index (χ1v) is 9.04. The van der Waals surface area contributed by atoms with Crippen molar-refractivity contribution in [1.29, 1.82) is 0 Å². The van der Waals surface area contributed by atoms with Crippen molar-refractivity contribution in [2.75, 3.05) is 0 Å². The molecule has 1 heterocycles. The number of rotatable bonds is 5. The zero-order valence-electron chi connectivity index (χ0n) is 11.6. The van der Waals surface area contributed by atoms with Crippen LogP contribution < -0.4 is 0 Å². The molecule has 4 nitrogen and oxygen atoms in total. The molecule has 1 fully saturated rings. The lowest BCUT2D eigenvalue weighted by Crippen LogP contribution is -2.32. The van der Waals surface area contributed by atoms with Crippen LogP contribution in [0.4, 0.5) is 0 Å². The lowest BCUT2D eigenvalue weighted by atomic mass is 10.2. The summed E-state index contributed by atoms with van der Waals surface area (Å²) in [6, 6.07) is 8.41. The molecule has 0 atom stereocenters. The summed E-state index contributed by atoms with van der Waals surface area (Å²) in [6.45, 7) is 0.277. The van der Waals surface area contributed by atoms with Gasteiger partial charge >= 0.3 is 0 Å². The highest BCUT2D eigenvalue weighted by Gasteiger charge is 2.38. The SMILES string of the molecule is O=S(=O)(c1cccnc1)N(Cc1ccc(Cl)c(Cl)c1)C1CC1. The molecule has 1 saturated carbocycles. The van der Waals surface area contributed by atoms with E-state index < -0.39 is 10.0 Å². The highest BCUT2D eigenvalue weighted by Crippen LogP contribution is 2.34. The molecule has 22 heavy (non-hydrogen) atoms. The Morgan fingerprint density at radius 3 is 2.55 bits per heavy atom. The third-order valence-corrected chi connectivity index (χ3v) is 6.14. The molecular formula is C15H14Cl2N2O2S. The van der Waals surface area contributed by atoms with Gasteiger partial charge in [-0.1, -0.05) is 29.3 Å². The highest BCUT2D eigenvalue weighted by atomic mass is 35.5. The third kappa shape index (κ3) is 3.27. The summed E-state index contributed by atoms with van der Waals surface area (Å²) in [5.74, 6) is 0. The Bertz CT molecular complexity index is 777. The Labute approximate surface area is 139 Å². The standard InChI is InChI=1S/C15H14Cl2N2O2S/c16-14-6-3-11(8-15(14)17)10-19(12-4-5-12)22(20,21)13-2-1-7-18-9-13/h1-3,6-9,12H,4-5,10H2. The number of benzene rings is 1. The Balaban J connectivity index is 1.92. The molecule has 0 unspecified atom stereocenters. The van der Waals surface area contributed by atoms with Gasteiger partial charge in [0.15, 0.2) is 0 Å². The van der Waals surface area contributed by atoms with Crippen molar-refractivity contribution in [2.45, 2.75) is 30.3 Å². The fraction of sp³-hybridized carbons (Fsp3) is 0.267. The molecule has 0 amide bonds. The summed E-state index contributed by atoms with van der Waals surface area (Å²) in [7, 11) is -3.56. The average Bonchev–Trinajstić information content (AvgIpc) is 3.33. The lowest BCUT2D eigenvalue weighted by molar-refractivity contribution is 0.398. The maximum atomic E-state index is 12.8. The van der Waals surface area contributed by atoms with Gasteiger partial charge in [-0.05, 0) is 42.7 Å². The molecule has 7 heteroatoms. The van der Waals surface area contributed by atoms with Gasteiger partial charge in [0.1, 0.15) is 4.90 Å². The number of pyridine rings is 1. The fourth-order valence-corrected chi connectivity index (χ4v) is 4.18. The first-order chi connectivity index (χ1) is 10.5. The van der Waals surface area contributed by atoms with Gasteiger partial charge in [0.2, 0.25) is 10.0 Å². The molecule has 1 aliphatic rings. The monoisotopic (exact) mass is 356 g/mol. The molecule has 3 rings (SSSR count). The van der Waals surface area contributed by atoms with Crippen LogP contribution in [0, 0.1) is 0 Å². The maximum Gasteiger partial charge on any atom is 0.245 e. The van der Waals surface area contributed by atoms with E-state index in [1.807, 2.05) is 0 Å². The molecule has 0 spiro atoms. The van der Waals surface area contributed by atoms with Crippen LogP contribution in [0.2, 0.25) is 10.0 Å². The van der Waals surface area contributed by atoms with E-state index in [4.69, 9.17) is 23.2 Å². The molecule has 0 N–H and O–H groups in total. The second-order valence-corrected chi connectivity index (χ2v) is 7.92. The molecule has 0 saturated heterocycles. The molecular weight excluding hydrogens is 343 g/mol. The van der Waals surface area contributed by atoms with Crippen LogP contribution in [0.15, 0.2) is 47.6 Å². The fourth-order valence-electron chi connectivity index (χ4n) is 2.23. The van der Waals surface area contributed by atoms with E-state index in [0.717, 1.165) is 18.4 Å². The third-order valence-electron chi connectivity index (χ3n) is 3.52. The van der Waals surface area contributed by atoms with Gasteiger partial charge in [-0.3, -0.25) is 4.98 Å². The van der Waals surface area contributed by atoms with E-state index in [1.165, 1.54) is 10.5 Å². The Kier molecular flexibility index (Phi) is 4.41. The minimum atomic E-state index is -3.56. The van der Waals surface area contributed by atoms with Crippen LogP contribution in [0.3, 0.4) is 0 Å². The molecule has 0 radical (unpaired) electrons. The topological polar surface area (TPSA) is 50.3 Å². The first kappa shape index (κ1) is 15.7. The average molecular weight is 357 g/mol. The zero-order chi connectivity index (χ0) is 15.7. The first-order valence-electron chi connectivity index (χ1n) is 6.84. The minimum Gasteiger partial charge on any atom is -0.263 e. The van der Waals surface area contributed by atoms with Gasteiger partial charge in [-0.2, -0.15) is 4.31 Å². The van der Waals surface area contributed by atoms with E-state index >= 15 is 0 Å². The number of hydrogen-bond donors (Lipinski definition) is 0. The van der Waals surface area contributed by atoms with Crippen molar-refractivity contribution in [3.8, 4) is 0 Å². The van der Waals surface area contributed by atoms with Crippen molar-refractivity contribution in [1.82, 2.24) is 9.29 Å². The van der Waals surface area contributed by atoms with E-state index in [1.54, 1.807) is 36.5 Å². The predicted octanol–water partition coefficient (Wildman–Crippen LogP) is 3.74. The van der Waals surface area contributed by atoms with E-state index in [2.05, 4.69) is 4.98 Å². The molecule has 0 aliphatic heterocycles. The second-order valence-electron chi connectivity index (χ2n) is 5.22. The van der Waals surface area contributed by atoms with Gasteiger partial charge in [-0.15, -0.1) is 0 Å². The second kappa shape index (κ2) is 6.16. The summed E-state index contributed by atoms with van der Waals surface area (Å²) >= 11 is 11.9. The van der Waals surface area contributed by atoms with Crippen molar-refractivity contribution in [3.63, 3.8) is 0 Å². The lowest BCUT2D eigenvalue weighted by Gasteiger charge is -2.22. The van der Waals surface area contributed by atoms with Gasteiger partial charge in [-0.25, -0.2) is 8.42 Å². The van der Waals surface area contributed by atoms with Crippen LogP contribution in [0.25, 0.3) is 0 Å². The van der Waals surface area contributed by atoms with Crippen molar-refractivity contribution < 1.29 is 8.42 Å². The largest absolute Gasteiger partial charge is 0.263 e. The van der Waals surface area contributed by atoms with E-state index in [-0.39, 0.29) is 17.5 Å². The van der Waals surface area contributed by atoms with Crippen LogP contribution in [0.5, 0.6) is 0 Å². The Morgan fingerprint density at radius 1 is 1.18 bits per heavy atom. The molecule has 116 valence electrons. The summed E-state index contributed by atoms with van der Waals surface area (Å²) in [6.07, 6.45) is 4.68. The van der Waals surface area contributed by atoms with Crippen molar-refractivity contribution in [2.24, 2.45) is 0 Å². The minimum absolute atomic E-state index is 0.0414. The molecule has 1 aliphatic carbocycles. The van der Waals surface area contributed by atoms with Crippen LogP contribution >= 0.6 is 23.2 Å². The zero-order valence-corrected chi connectivity index (χ0v) is 13.9. The van der Waals surface area contributed by atoms with Crippen molar-refractivity contribution in [3.05, 3.63) is 58.3 Å². The molecule has 2 aromatic rings. The summed E-state index contributed by atoms with van der Waals surface area (Å²) < 4.78 is 27.1. The summed E-state index contributed by atoms with van der Waals surface area (Å²) in [5.41, 5.74) is 0.814. The van der Waals surface area contributed by atoms with Gasteiger partial charge < -0.3 is 0 Å². The summed E-state index contributed by atoms with van der Waals surface area (Å²) in [5, 5.41) is 0.882. The Morgan fingerprint density at radius 2 is 1.95 bits per heavy atom. The number of aromatic nitrogens is 1. The molecule has 1 aromatic heterocycles. The van der Waals surface area contributed by atoms with Gasteiger partial charge in [0.05, 0.1) is 10.0 Å².